The van der Waals surface area contributed by atoms with Crippen molar-refractivity contribution in [2.45, 2.75) is 26.2 Å². The lowest BCUT2D eigenvalue weighted by molar-refractivity contribution is -0.384. The Hall–Kier alpha value is -3.13. The van der Waals surface area contributed by atoms with Crippen LogP contribution in [0.25, 0.3) is 11.4 Å². The van der Waals surface area contributed by atoms with Crippen LogP contribution in [0, 0.1) is 14.9 Å². The molecule has 7 nitrogen and oxygen atoms in total. The zero-order chi connectivity index (χ0) is 19.6. The van der Waals surface area contributed by atoms with Crippen LogP contribution in [0.2, 0.25) is 0 Å². The number of nitro groups is 1. The van der Waals surface area contributed by atoms with Crippen LogP contribution in [0.5, 0.6) is 0 Å². The van der Waals surface area contributed by atoms with Crippen LogP contribution in [0.3, 0.4) is 0 Å². The van der Waals surface area contributed by atoms with Gasteiger partial charge in [0.05, 0.1) is 11.1 Å². The van der Waals surface area contributed by atoms with Gasteiger partial charge in [0.15, 0.2) is 5.82 Å². The standard InChI is InChI=1S/C19H19N5O2S/c1-19(2,3)15-9-7-14(8-10-15)17-21-22-18(27)23(17)20-12-13-5-4-6-16(11-13)24(25)26/h4-12H,1-3H3,(H,22,27)/b20-12-. The summed E-state index contributed by atoms with van der Waals surface area (Å²) in [5, 5.41) is 22.3. The summed E-state index contributed by atoms with van der Waals surface area (Å²) < 4.78 is 1.84. The average Bonchev–Trinajstić information content (AvgIpc) is 3.00. The number of hydrogen-bond donors (Lipinski definition) is 1. The van der Waals surface area contributed by atoms with Gasteiger partial charge in [-0.2, -0.15) is 14.9 Å². The van der Waals surface area contributed by atoms with E-state index < -0.39 is 4.92 Å². The molecule has 0 atom stereocenters. The van der Waals surface area contributed by atoms with E-state index in [-0.39, 0.29) is 11.1 Å². The Morgan fingerprint density at radius 2 is 1.93 bits per heavy atom. The van der Waals surface area contributed by atoms with Crippen molar-refractivity contribution in [1.82, 2.24) is 14.9 Å². The van der Waals surface area contributed by atoms with Crippen LogP contribution in [-0.4, -0.2) is 26.0 Å². The molecule has 0 saturated heterocycles. The Morgan fingerprint density at radius 3 is 2.56 bits per heavy atom. The fourth-order valence-electron chi connectivity index (χ4n) is 2.55. The minimum absolute atomic E-state index is 0.00716. The number of aromatic amines is 1. The summed E-state index contributed by atoms with van der Waals surface area (Å²) in [5.74, 6) is 0.571. The van der Waals surface area contributed by atoms with E-state index >= 15 is 0 Å². The van der Waals surface area contributed by atoms with Crippen molar-refractivity contribution in [1.29, 1.82) is 0 Å². The molecular weight excluding hydrogens is 362 g/mol. The molecule has 2 aromatic carbocycles. The SMILES string of the molecule is CC(C)(C)c1ccc(-c2n[nH]c(=S)n2/N=C\c2cccc([N+](=O)[O-])c2)cc1. The maximum atomic E-state index is 10.9. The van der Waals surface area contributed by atoms with Crippen LogP contribution in [-0.2, 0) is 5.41 Å². The number of H-pyrrole nitrogens is 1. The topological polar surface area (TPSA) is 89.1 Å². The van der Waals surface area contributed by atoms with E-state index in [4.69, 9.17) is 12.2 Å². The molecule has 3 rings (SSSR count). The first kappa shape index (κ1) is 18.7. The van der Waals surface area contributed by atoms with Gasteiger partial charge < -0.3 is 0 Å². The molecule has 3 aromatic rings. The number of benzene rings is 2. The van der Waals surface area contributed by atoms with E-state index in [1.807, 2.05) is 12.1 Å². The number of non-ortho nitro benzene ring substituents is 1. The van der Waals surface area contributed by atoms with Gasteiger partial charge in [0.25, 0.3) is 5.69 Å². The summed E-state index contributed by atoms with van der Waals surface area (Å²) in [7, 11) is 0. The number of nitrogens with zero attached hydrogens (tertiary/aromatic N) is 4. The predicted molar refractivity (Wildman–Crippen MR) is 108 cm³/mol. The fourth-order valence-corrected chi connectivity index (χ4v) is 2.73. The van der Waals surface area contributed by atoms with Gasteiger partial charge in [-0.05, 0) is 23.2 Å². The molecule has 1 heterocycles. The van der Waals surface area contributed by atoms with Crippen LogP contribution in [0.15, 0.2) is 53.6 Å². The van der Waals surface area contributed by atoms with Crippen LogP contribution in [0.4, 0.5) is 5.69 Å². The lowest BCUT2D eigenvalue weighted by Crippen LogP contribution is -2.10. The van der Waals surface area contributed by atoms with Crippen molar-refractivity contribution in [2.75, 3.05) is 0 Å². The Morgan fingerprint density at radius 1 is 1.22 bits per heavy atom. The highest BCUT2D eigenvalue weighted by atomic mass is 32.1. The van der Waals surface area contributed by atoms with E-state index in [2.05, 4.69) is 48.2 Å². The summed E-state index contributed by atoms with van der Waals surface area (Å²) in [6.45, 7) is 6.46. The first-order valence-electron chi connectivity index (χ1n) is 8.33. The molecule has 1 N–H and O–H groups in total. The zero-order valence-corrected chi connectivity index (χ0v) is 16.0. The minimum Gasteiger partial charge on any atom is -0.258 e. The van der Waals surface area contributed by atoms with Crippen LogP contribution >= 0.6 is 12.2 Å². The first-order chi connectivity index (χ1) is 12.8. The molecule has 1 aromatic heterocycles. The molecule has 8 heteroatoms. The second kappa shape index (κ2) is 7.24. The van der Waals surface area contributed by atoms with Gasteiger partial charge in [-0.25, -0.2) is 5.10 Å². The van der Waals surface area contributed by atoms with Gasteiger partial charge in [-0.15, -0.1) is 0 Å². The number of aromatic nitrogens is 3. The van der Waals surface area contributed by atoms with Gasteiger partial charge in [0.2, 0.25) is 4.77 Å². The monoisotopic (exact) mass is 381 g/mol. The third kappa shape index (κ3) is 4.17. The molecule has 138 valence electrons. The summed E-state index contributed by atoms with van der Waals surface area (Å²) >= 11 is 5.26. The Labute approximate surface area is 161 Å². The van der Waals surface area contributed by atoms with Crippen LogP contribution < -0.4 is 0 Å². The van der Waals surface area contributed by atoms with Gasteiger partial charge in [-0.1, -0.05) is 57.2 Å². The smallest absolute Gasteiger partial charge is 0.258 e. The molecule has 0 aliphatic heterocycles. The second-order valence-electron chi connectivity index (χ2n) is 7.09. The molecule has 0 fully saturated rings. The summed E-state index contributed by atoms with van der Waals surface area (Å²) in [6, 6.07) is 14.3. The third-order valence-electron chi connectivity index (χ3n) is 4.06. The van der Waals surface area contributed by atoms with Crippen molar-refractivity contribution in [2.24, 2.45) is 5.10 Å². The molecular formula is C19H19N5O2S. The predicted octanol–water partition coefficient (Wildman–Crippen LogP) is 4.70. The molecule has 0 amide bonds. The lowest BCUT2D eigenvalue weighted by Gasteiger charge is -2.18. The lowest BCUT2D eigenvalue weighted by atomic mass is 9.87. The normalized spacial score (nSPS) is 11.8. The molecule has 0 bridgehead atoms. The zero-order valence-electron chi connectivity index (χ0n) is 15.2. The van der Waals surface area contributed by atoms with E-state index in [1.165, 1.54) is 28.6 Å². The molecule has 0 radical (unpaired) electrons. The maximum absolute atomic E-state index is 10.9. The molecule has 0 aliphatic rings. The highest BCUT2D eigenvalue weighted by Crippen LogP contribution is 2.25. The minimum atomic E-state index is -0.441. The molecule has 0 spiro atoms. The molecule has 27 heavy (non-hydrogen) atoms. The van der Waals surface area contributed by atoms with Crippen molar-refractivity contribution in [3.63, 3.8) is 0 Å². The fraction of sp³-hybridized carbons (Fsp3) is 0.211. The first-order valence-corrected chi connectivity index (χ1v) is 8.74. The van der Waals surface area contributed by atoms with Crippen LogP contribution in [0.1, 0.15) is 31.9 Å². The number of nitro benzene ring substituents is 1. The Balaban J connectivity index is 1.95. The van der Waals surface area contributed by atoms with E-state index in [9.17, 15) is 10.1 Å². The number of rotatable bonds is 4. The summed E-state index contributed by atoms with van der Waals surface area (Å²) in [5.41, 5.74) is 2.75. The highest BCUT2D eigenvalue weighted by molar-refractivity contribution is 7.71. The van der Waals surface area contributed by atoms with Gasteiger partial charge in [-0.3, -0.25) is 10.1 Å². The van der Waals surface area contributed by atoms with Crippen molar-refractivity contribution in [3.8, 4) is 11.4 Å². The van der Waals surface area contributed by atoms with Crippen molar-refractivity contribution >= 4 is 24.1 Å². The highest BCUT2D eigenvalue weighted by Gasteiger charge is 2.14. The van der Waals surface area contributed by atoms with Crippen molar-refractivity contribution in [3.05, 3.63) is 74.5 Å². The Bertz CT molecular complexity index is 1060. The second-order valence-corrected chi connectivity index (χ2v) is 7.47. The average molecular weight is 381 g/mol. The van der Waals surface area contributed by atoms with Gasteiger partial charge in [0, 0.05) is 23.3 Å². The number of hydrogen-bond acceptors (Lipinski definition) is 5. The molecule has 0 aliphatic carbocycles. The van der Waals surface area contributed by atoms with Gasteiger partial charge in [0.1, 0.15) is 0 Å². The Kier molecular flexibility index (Phi) is 5.00. The van der Waals surface area contributed by atoms with E-state index in [0.29, 0.717) is 16.2 Å². The molecule has 0 saturated carbocycles. The van der Waals surface area contributed by atoms with E-state index in [1.54, 1.807) is 12.1 Å². The summed E-state index contributed by atoms with van der Waals surface area (Å²) in [4.78, 5) is 10.5. The maximum Gasteiger partial charge on any atom is 0.270 e. The molecule has 0 unspecified atom stereocenters. The van der Waals surface area contributed by atoms with E-state index in [0.717, 1.165) is 5.56 Å². The third-order valence-corrected chi connectivity index (χ3v) is 4.33. The quantitative estimate of drug-likeness (QED) is 0.307. The largest absolute Gasteiger partial charge is 0.270 e. The van der Waals surface area contributed by atoms with Crippen molar-refractivity contribution < 1.29 is 4.92 Å². The summed E-state index contributed by atoms with van der Waals surface area (Å²) in [6.07, 6.45) is 1.52. The number of nitrogens with one attached hydrogen (secondary N) is 1. The van der Waals surface area contributed by atoms with Gasteiger partial charge >= 0.3 is 0 Å².